The largest absolute Gasteiger partial charge is 0.373 e. The van der Waals surface area contributed by atoms with E-state index in [0.717, 1.165) is 0 Å². The van der Waals surface area contributed by atoms with Crippen molar-refractivity contribution in [3.8, 4) is 0 Å². The summed E-state index contributed by atoms with van der Waals surface area (Å²) in [6.07, 6.45) is 0. The van der Waals surface area contributed by atoms with Gasteiger partial charge in [-0.3, -0.25) is 0 Å². The standard InChI is InChI=1S/C12H14N/c1-8-9(2)11-6-4-5-7-12(11)13-10(8)3/h4-7,13H,1-3H3. The van der Waals surface area contributed by atoms with Gasteiger partial charge in [0.15, 0.2) is 0 Å². The van der Waals surface area contributed by atoms with Gasteiger partial charge in [0, 0.05) is 11.3 Å². The van der Waals surface area contributed by atoms with E-state index in [1.54, 1.807) is 0 Å². The van der Waals surface area contributed by atoms with Gasteiger partial charge in [0.1, 0.15) is 0 Å². The Hall–Kier alpha value is -1.24. The van der Waals surface area contributed by atoms with E-state index < -0.39 is 0 Å². The lowest BCUT2D eigenvalue weighted by molar-refractivity contribution is 1.09. The molecule has 1 aromatic rings. The molecule has 0 unspecified atom stereocenters. The fourth-order valence-electron chi connectivity index (χ4n) is 1.70. The zero-order valence-corrected chi connectivity index (χ0v) is 8.31. The fraction of sp³-hybridized carbons (Fsp3) is 0.250. The van der Waals surface area contributed by atoms with Crippen molar-refractivity contribution in [3.05, 3.63) is 41.4 Å². The lowest BCUT2D eigenvalue weighted by Gasteiger charge is -2.26. The van der Waals surface area contributed by atoms with Gasteiger partial charge in [-0.25, -0.2) is 0 Å². The molecule has 0 saturated heterocycles. The molecular weight excluding hydrogens is 158 g/mol. The fourth-order valence-corrected chi connectivity index (χ4v) is 1.70. The van der Waals surface area contributed by atoms with Crippen LogP contribution in [-0.2, 0) is 0 Å². The highest BCUT2D eigenvalue weighted by molar-refractivity contribution is 5.83. The summed E-state index contributed by atoms with van der Waals surface area (Å²) in [5.41, 5.74) is 5.29. The Morgan fingerprint density at radius 1 is 0.923 bits per heavy atom. The van der Waals surface area contributed by atoms with Gasteiger partial charge >= 0.3 is 0 Å². The van der Waals surface area contributed by atoms with Crippen LogP contribution in [0, 0.1) is 6.04 Å². The molecule has 1 nitrogen and oxygen atoms in total. The average molecular weight is 172 g/mol. The summed E-state index contributed by atoms with van der Waals surface area (Å²) in [6.45, 7) is 6.46. The van der Waals surface area contributed by atoms with Gasteiger partial charge in [-0.2, -0.15) is 0 Å². The molecule has 2 rings (SSSR count). The minimum absolute atomic E-state index is 1.23. The molecule has 1 heteroatoms. The van der Waals surface area contributed by atoms with Crippen LogP contribution in [0.15, 0.2) is 29.8 Å². The monoisotopic (exact) mass is 172 g/mol. The third kappa shape index (κ3) is 1.24. The van der Waals surface area contributed by atoms with E-state index in [0.29, 0.717) is 0 Å². The van der Waals surface area contributed by atoms with Crippen molar-refractivity contribution in [1.82, 2.24) is 0 Å². The first-order valence-electron chi connectivity index (χ1n) is 4.58. The van der Waals surface area contributed by atoms with Crippen molar-refractivity contribution in [2.45, 2.75) is 20.8 Å². The highest BCUT2D eigenvalue weighted by Crippen LogP contribution is 2.35. The average Bonchev–Trinajstić information content (AvgIpc) is 2.15. The Kier molecular flexibility index (Phi) is 1.87. The van der Waals surface area contributed by atoms with Crippen LogP contribution in [0.25, 0.3) is 5.57 Å². The summed E-state index contributed by atoms with van der Waals surface area (Å²) in [7, 11) is 0. The van der Waals surface area contributed by atoms with Crippen LogP contribution in [0.4, 0.5) is 5.69 Å². The normalized spacial score (nSPS) is 16.8. The van der Waals surface area contributed by atoms with Crippen LogP contribution >= 0.6 is 0 Å². The van der Waals surface area contributed by atoms with Crippen molar-refractivity contribution < 1.29 is 0 Å². The molecule has 0 aliphatic carbocycles. The van der Waals surface area contributed by atoms with Gasteiger partial charge in [-0.05, 0) is 38.0 Å². The molecule has 0 fully saturated rings. The molecule has 1 aliphatic rings. The highest BCUT2D eigenvalue weighted by atomic mass is 14.9. The van der Waals surface area contributed by atoms with Gasteiger partial charge in [0.25, 0.3) is 0 Å². The number of rotatable bonds is 0. The van der Waals surface area contributed by atoms with Crippen LogP contribution in [-0.4, -0.2) is 0 Å². The predicted octanol–water partition coefficient (Wildman–Crippen LogP) is 3.46. The molecule has 13 heavy (non-hydrogen) atoms. The number of para-hydroxylation sites is 1. The molecule has 0 spiro atoms. The van der Waals surface area contributed by atoms with Crippen molar-refractivity contribution in [3.63, 3.8) is 0 Å². The van der Waals surface area contributed by atoms with Gasteiger partial charge in [0.05, 0.1) is 6.04 Å². The van der Waals surface area contributed by atoms with Crippen molar-refractivity contribution in [1.29, 1.82) is 0 Å². The Morgan fingerprint density at radius 3 is 2.38 bits per heavy atom. The summed E-state index contributed by atoms with van der Waals surface area (Å²) in [4.78, 5) is 0. The minimum Gasteiger partial charge on any atom is -0.373 e. The summed E-state index contributed by atoms with van der Waals surface area (Å²) in [5.74, 6) is 0. The number of allylic oxidation sites excluding steroid dienone is 1. The Labute approximate surface area is 79.5 Å². The molecule has 0 atom stereocenters. The maximum Gasteiger partial charge on any atom is 0.0826 e. The summed E-state index contributed by atoms with van der Waals surface area (Å²) < 4.78 is 0. The second-order valence-electron chi connectivity index (χ2n) is 3.55. The number of fused-ring (bicyclic) bond motifs is 1. The Morgan fingerprint density at radius 2 is 1.62 bits per heavy atom. The first-order valence-corrected chi connectivity index (χ1v) is 4.58. The number of hydrogen-bond donors (Lipinski definition) is 1. The third-order valence-corrected chi connectivity index (χ3v) is 2.78. The molecule has 0 aromatic heterocycles. The summed E-state index contributed by atoms with van der Waals surface area (Å²) in [6, 6.07) is 9.68. The second-order valence-corrected chi connectivity index (χ2v) is 3.55. The molecule has 1 aliphatic heterocycles. The summed E-state index contributed by atoms with van der Waals surface area (Å²) in [5, 5.41) is 3.40. The minimum atomic E-state index is 1.23. The van der Waals surface area contributed by atoms with E-state index in [1.807, 2.05) is 0 Å². The number of nitrogens with one attached hydrogen (secondary N) is 1. The van der Waals surface area contributed by atoms with Gasteiger partial charge in [-0.1, -0.05) is 18.2 Å². The molecular formula is C12H14N. The molecule has 0 bridgehead atoms. The lowest BCUT2D eigenvalue weighted by atomic mass is 9.93. The van der Waals surface area contributed by atoms with Crippen LogP contribution in [0.2, 0.25) is 0 Å². The van der Waals surface area contributed by atoms with E-state index in [-0.39, 0.29) is 0 Å². The van der Waals surface area contributed by atoms with E-state index in [2.05, 4.69) is 50.4 Å². The Bertz CT molecular complexity index is 363. The number of benzene rings is 1. The van der Waals surface area contributed by atoms with E-state index >= 15 is 0 Å². The lowest BCUT2D eigenvalue weighted by Crippen LogP contribution is -2.14. The molecule has 0 saturated carbocycles. The molecule has 1 radical (unpaired) electrons. The van der Waals surface area contributed by atoms with Crippen molar-refractivity contribution >= 4 is 11.3 Å². The smallest absolute Gasteiger partial charge is 0.0826 e. The number of hydrogen-bond acceptors (Lipinski definition) is 1. The topological polar surface area (TPSA) is 12.0 Å². The SMILES string of the molecule is C[C]1Nc2ccccc2C(C)=C1C. The van der Waals surface area contributed by atoms with Crippen molar-refractivity contribution in [2.75, 3.05) is 5.32 Å². The molecule has 1 aromatic carbocycles. The van der Waals surface area contributed by atoms with Gasteiger partial charge in [-0.15, -0.1) is 0 Å². The molecule has 1 heterocycles. The third-order valence-electron chi connectivity index (χ3n) is 2.78. The van der Waals surface area contributed by atoms with Gasteiger partial charge in [0.2, 0.25) is 0 Å². The molecule has 1 N–H and O–H groups in total. The molecule has 0 amide bonds. The quantitative estimate of drug-likeness (QED) is 0.632. The van der Waals surface area contributed by atoms with E-state index in [9.17, 15) is 0 Å². The predicted molar refractivity (Wildman–Crippen MR) is 57.2 cm³/mol. The highest BCUT2D eigenvalue weighted by Gasteiger charge is 2.17. The zero-order valence-electron chi connectivity index (χ0n) is 8.31. The second kappa shape index (κ2) is 2.91. The summed E-state index contributed by atoms with van der Waals surface area (Å²) >= 11 is 0. The van der Waals surface area contributed by atoms with Gasteiger partial charge < -0.3 is 5.32 Å². The van der Waals surface area contributed by atoms with E-state index in [4.69, 9.17) is 0 Å². The van der Waals surface area contributed by atoms with Crippen LogP contribution in [0.3, 0.4) is 0 Å². The van der Waals surface area contributed by atoms with E-state index in [1.165, 1.54) is 28.4 Å². The van der Waals surface area contributed by atoms with Crippen LogP contribution in [0.5, 0.6) is 0 Å². The maximum atomic E-state index is 3.40. The first kappa shape index (κ1) is 8.36. The first-order chi connectivity index (χ1) is 6.20. The zero-order chi connectivity index (χ0) is 9.42. The van der Waals surface area contributed by atoms with Crippen LogP contribution < -0.4 is 5.32 Å². The number of anilines is 1. The molecule has 67 valence electrons. The maximum absolute atomic E-state index is 3.40. The van der Waals surface area contributed by atoms with Crippen LogP contribution in [0.1, 0.15) is 26.3 Å². The van der Waals surface area contributed by atoms with Crippen molar-refractivity contribution in [2.24, 2.45) is 0 Å². The Balaban J connectivity index is 2.59.